The van der Waals surface area contributed by atoms with Crippen molar-refractivity contribution in [1.29, 1.82) is 0 Å². The van der Waals surface area contributed by atoms with Gasteiger partial charge in [-0.25, -0.2) is 0 Å². The van der Waals surface area contributed by atoms with Gasteiger partial charge in [0.25, 0.3) is 5.91 Å². The molecule has 0 saturated carbocycles. The van der Waals surface area contributed by atoms with Crippen LogP contribution in [-0.2, 0) is 6.42 Å². The van der Waals surface area contributed by atoms with E-state index in [9.17, 15) is 4.79 Å². The van der Waals surface area contributed by atoms with Gasteiger partial charge in [-0.05, 0) is 56.5 Å². The van der Waals surface area contributed by atoms with Gasteiger partial charge in [0.2, 0.25) is 0 Å². The summed E-state index contributed by atoms with van der Waals surface area (Å²) in [4.78, 5) is 12.0. The minimum atomic E-state index is -0.0260. The summed E-state index contributed by atoms with van der Waals surface area (Å²) < 4.78 is 0. The number of anilines is 1. The fourth-order valence-corrected chi connectivity index (χ4v) is 2.15. The molecule has 0 unspecified atom stereocenters. The normalized spacial score (nSPS) is 10.4. The lowest BCUT2D eigenvalue weighted by atomic mass is 10.1. The van der Waals surface area contributed by atoms with Crippen LogP contribution < -0.4 is 10.6 Å². The van der Waals surface area contributed by atoms with Crippen LogP contribution in [0.1, 0.15) is 35.0 Å². The number of aromatic amines is 1. The van der Waals surface area contributed by atoms with Crippen molar-refractivity contribution >= 4 is 11.6 Å². The number of carbonyl (C=O) groups excluding carboxylic acids is 1. The van der Waals surface area contributed by atoms with Crippen LogP contribution in [0.15, 0.2) is 30.5 Å². The van der Waals surface area contributed by atoms with E-state index >= 15 is 0 Å². The molecule has 0 aliphatic rings. The highest BCUT2D eigenvalue weighted by Gasteiger charge is 2.05. The van der Waals surface area contributed by atoms with Crippen LogP contribution in [0.5, 0.6) is 0 Å². The van der Waals surface area contributed by atoms with Crippen molar-refractivity contribution in [1.82, 2.24) is 15.5 Å². The van der Waals surface area contributed by atoms with Crippen LogP contribution in [0.25, 0.3) is 0 Å². The minimum Gasteiger partial charge on any atom is -0.385 e. The Bertz CT molecular complexity index is 574. The molecule has 0 saturated heterocycles. The summed E-state index contributed by atoms with van der Waals surface area (Å²) in [5.41, 5.74) is 4.03. The maximum atomic E-state index is 12.0. The number of benzene rings is 1. The summed E-state index contributed by atoms with van der Waals surface area (Å²) in [5, 5.41) is 13.1. The van der Waals surface area contributed by atoms with Crippen LogP contribution in [0.2, 0.25) is 0 Å². The van der Waals surface area contributed by atoms with Crippen LogP contribution in [0.3, 0.4) is 0 Å². The quantitative estimate of drug-likeness (QED) is 0.685. The van der Waals surface area contributed by atoms with Gasteiger partial charge in [0.1, 0.15) is 0 Å². The van der Waals surface area contributed by atoms with Gasteiger partial charge < -0.3 is 10.6 Å². The maximum Gasteiger partial charge on any atom is 0.251 e. The number of nitrogens with one attached hydrogen (secondary N) is 3. The summed E-state index contributed by atoms with van der Waals surface area (Å²) in [7, 11) is 0. The zero-order chi connectivity index (χ0) is 15.1. The van der Waals surface area contributed by atoms with E-state index in [0.29, 0.717) is 12.1 Å². The number of hydrogen-bond acceptors (Lipinski definition) is 3. The topological polar surface area (TPSA) is 69.8 Å². The van der Waals surface area contributed by atoms with Crippen LogP contribution in [0.4, 0.5) is 5.69 Å². The van der Waals surface area contributed by atoms with Crippen molar-refractivity contribution in [2.75, 3.05) is 18.4 Å². The first-order valence-electron chi connectivity index (χ1n) is 7.31. The Kier molecular flexibility index (Phi) is 5.37. The zero-order valence-corrected chi connectivity index (χ0v) is 12.6. The maximum absolute atomic E-state index is 12.0. The number of nitrogens with zero attached hydrogens (tertiary/aromatic N) is 1. The van der Waals surface area contributed by atoms with Gasteiger partial charge in [0, 0.05) is 30.0 Å². The molecule has 0 spiro atoms. The van der Waals surface area contributed by atoms with Crippen LogP contribution in [0, 0.1) is 6.92 Å². The van der Waals surface area contributed by atoms with E-state index in [0.717, 1.165) is 30.8 Å². The van der Waals surface area contributed by atoms with Crippen molar-refractivity contribution in [2.45, 2.75) is 26.7 Å². The van der Waals surface area contributed by atoms with Crippen molar-refractivity contribution in [3.05, 3.63) is 47.3 Å². The van der Waals surface area contributed by atoms with E-state index in [4.69, 9.17) is 0 Å². The monoisotopic (exact) mass is 286 g/mol. The van der Waals surface area contributed by atoms with E-state index in [1.54, 1.807) is 0 Å². The minimum absolute atomic E-state index is 0.0260. The molecule has 0 radical (unpaired) electrons. The number of aromatic nitrogens is 2. The van der Waals surface area contributed by atoms with Crippen molar-refractivity contribution < 1.29 is 4.79 Å². The smallest absolute Gasteiger partial charge is 0.251 e. The fraction of sp³-hybridized carbons (Fsp3) is 0.375. The average Bonchev–Trinajstić information content (AvgIpc) is 2.90. The molecule has 5 nitrogen and oxygen atoms in total. The Balaban J connectivity index is 1.75. The lowest BCUT2D eigenvalue weighted by molar-refractivity contribution is 0.0953. The number of carbonyl (C=O) groups is 1. The Morgan fingerprint density at radius 3 is 2.67 bits per heavy atom. The van der Waals surface area contributed by atoms with Crippen LogP contribution in [-0.4, -0.2) is 29.2 Å². The van der Waals surface area contributed by atoms with Crippen molar-refractivity contribution in [3.8, 4) is 0 Å². The Morgan fingerprint density at radius 1 is 1.29 bits per heavy atom. The largest absolute Gasteiger partial charge is 0.385 e. The lowest BCUT2D eigenvalue weighted by Gasteiger charge is -2.07. The summed E-state index contributed by atoms with van der Waals surface area (Å²) in [6.45, 7) is 5.59. The summed E-state index contributed by atoms with van der Waals surface area (Å²) in [5.74, 6) is -0.0260. The van der Waals surface area contributed by atoms with Gasteiger partial charge in [-0.1, -0.05) is 0 Å². The molecule has 1 aromatic heterocycles. The molecule has 2 aromatic rings. The first-order valence-corrected chi connectivity index (χ1v) is 7.31. The third-order valence-corrected chi connectivity index (χ3v) is 3.37. The molecule has 0 bridgehead atoms. The van der Waals surface area contributed by atoms with E-state index in [-0.39, 0.29) is 5.91 Å². The number of rotatable bonds is 7. The molecule has 0 aliphatic heterocycles. The standard InChI is InChI=1S/C16H22N4O/c1-3-17-15-8-6-13(7-9-15)16(21)18-10-4-5-14-11-19-20-12(14)2/h6-9,11,17H,3-5,10H2,1-2H3,(H,18,21)(H,19,20). The van der Waals surface area contributed by atoms with E-state index < -0.39 is 0 Å². The SMILES string of the molecule is CCNc1ccc(C(=O)NCCCc2cn[nH]c2C)cc1. The molecule has 0 aliphatic carbocycles. The predicted octanol–water partition coefficient (Wildman–Crippen LogP) is 2.51. The number of aryl methyl sites for hydroxylation is 2. The highest BCUT2D eigenvalue weighted by molar-refractivity contribution is 5.94. The Hall–Kier alpha value is -2.30. The molecule has 21 heavy (non-hydrogen) atoms. The highest BCUT2D eigenvalue weighted by Crippen LogP contribution is 2.09. The molecular formula is C16H22N4O. The number of amides is 1. The van der Waals surface area contributed by atoms with E-state index in [1.165, 1.54) is 5.56 Å². The Morgan fingerprint density at radius 2 is 2.05 bits per heavy atom. The van der Waals surface area contributed by atoms with Gasteiger partial charge in [-0.3, -0.25) is 9.89 Å². The lowest BCUT2D eigenvalue weighted by Crippen LogP contribution is -2.24. The second kappa shape index (κ2) is 7.47. The molecule has 3 N–H and O–H groups in total. The summed E-state index contributed by atoms with van der Waals surface area (Å²) in [6.07, 6.45) is 3.67. The molecular weight excluding hydrogens is 264 g/mol. The molecule has 1 amide bonds. The van der Waals surface area contributed by atoms with Gasteiger partial charge >= 0.3 is 0 Å². The number of hydrogen-bond donors (Lipinski definition) is 3. The molecule has 2 rings (SSSR count). The average molecular weight is 286 g/mol. The van der Waals surface area contributed by atoms with Gasteiger partial charge in [-0.15, -0.1) is 0 Å². The summed E-state index contributed by atoms with van der Waals surface area (Å²) >= 11 is 0. The molecule has 1 aromatic carbocycles. The van der Waals surface area contributed by atoms with E-state index in [1.807, 2.05) is 44.3 Å². The molecule has 1 heterocycles. The Labute approximate surface area is 125 Å². The zero-order valence-electron chi connectivity index (χ0n) is 12.6. The molecule has 0 fully saturated rings. The first kappa shape index (κ1) is 15.1. The molecule has 5 heteroatoms. The van der Waals surface area contributed by atoms with Gasteiger partial charge in [0.15, 0.2) is 0 Å². The third kappa shape index (κ3) is 4.34. The first-order chi connectivity index (χ1) is 10.2. The van der Waals surface area contributed by atoms with Crippen molar-refractivity contribution in [3.63, 3.8) is 0 Å². The van der Waals surface area contributed by atoms with Gasteiger partial charge in [0.05, 0.1) is 6.20 Å². The molecule has 112 valence electrons. The number of H-pyrrole nitrogens is 1. The van der Waals surface area contributed by atoms with E-state index in [2.05, 4.69) is 20.8 Å². The van der Waals surface area contributed by atoms with Crippen LogP contribution >= 0.6 is 0 Å². The second-order valence-corrected chi connectivity index (χ2v) is 4.99. The third-order valence-electron chi connectivity index (χ3n) is 3.37. The highest BCUT2D eigenvalue weighted by atomic mass is 16.1. The van der Waals surface area contributed by atoms with Gasteiger partial charge in [-0.2, -0.15) is 5.10 Å². The van der Waals surface area contributed by atoms with Crippen molar-refractivity contribution in [2.24, 2.45) is 0 Å². The molecule has 0 atom stereocenters. The summed E-state index contributed by atoms with van der Waals surface area (Å²) in [6, 6.07) is 7.53. The second-order valence-electron chi connectivity index (χ2n) is 4.99. The fourth-order valence-electron chi connectivity index (χ4n) is 2.15. The predicted molar refractivity (Wildman–Crippen MR) is 84.6 cm³/mol.